The van der Waals surface area contributed by atoms with Gasteiger partial charge in [-0.3, -0.25) is 0 Å². The van der Waals surface area contributed by atoms with Gasteiger partial charge in [-0.05, 0) is 92.5 Å². The smallest absolute Gasteiger partial charge is 0.343 e. The number of benzene rings is 2. The standard InChI is InChI=1S/C39H58O4/c1-3-5-7-8-9-10-11-12-13-17-31-41-36-25-23-35(24-26-36)39(40)43-38-29-27-37(28-30-38)42-32-18-22-34-21-16-15-20-33(34)19-14-6-4-2/h3,23-30,33-34H,1,4-22,31-32H2,2H3. The molecule has 1 aliphatic rings. The van der Waals surface area contributed by atoms with E-state index in [2.05, 4.69) is 13.5 Å². The van der Waals surface area contributed by atoms with E-state index in [4.69, 9.17) is 14.2 Å². The third-order valence-corrected chi connectivity index (χ3v) is 8.93. The number of carbonyl (C=O) groups excluding carboxylic acids is 1. The van der Waals surface area contributed by atoms with Crippen LogP contribution in [0.2, 0.25) is 0 Å². The van der Waals surface area contributed by atoms with Crippen molar-refractivity contribution in [2.45, 2.75) is 129 Å². The second kappa shape index (κ2) is 21.9. The second-order valence-electron chi connectivity index (χ2n) is 12.4. The highest BCUT2D eigenvalue weighted by molar-refractivity contribution is 5.91. The van der Waals surface area contributed by atoms with Crippen molar-refractivity contribution in [3.63, 3.8) is 0 Å². The molecular weight excluding hydrogens is 532 g/mol. The molecule has 4 nitrogen and oxygen atoms in total. The van der Waals surface area contributed by atoms with Gasteiger partial charge in [-0.2, -0.15) is 0 Å². The van der Waals surface area contributed by atoms with Gasteiger partial charge in [0.25, 0.3) is 0 Å². The molecule has 43 heavy (non-hydrogen) atoms. The minimum Gasteiger partial charge on any atom is -0.494 e. The molecule has 0 aliphatic heterocycles. The molecule has 0 saturated heterocycles. The molecule has 0 N–H and O–H groups in total. The fraction of sp³-hybridized carbons (Fsp3) is 0.615. The van der Waals surface area contributed by atoms with E-state index in [1.165, 1.54) is 103 Å². The van der Waals surface area contributed by atoms with Gasteiger partial charge < -0.3 is 14.2 Å². The van der Waals surface area contributed by atoms with E-state index in [1.807, 2.05) is 30.3 Å². The van der Waals surface area contributed by atoms with Crippen molar-refractivity contribution in [2.75, 3.05) is 13.2 Å². The first-order valence-corrected chi connectivity index (χ1v) is 17.5. The largest absolute Gasteiger partial charge is 0.494 e. The van der Waals surface area contributed by atoms with E-state index >= 15 is 0 Å². The number of rotatable bonds is 23. The Balaban J connectivity index is 1.27. The summed E-state index contributed by atoms with van der Waals surface area (Å²) in [6, 6.07) is 14.6. The summed E-state index contributed by atoms with van der Waals surface area (Å²) in [5.74, 6) is 3.56. The summed E-state index contributed by atoms with van der Waals surface area (Å²) >= 11 is 0. The fourth-order valence-electron chi connectivity index (χ4n) is 6.34. The van der Waals surface area contributed by atoms with E-state index in [0.717, 1.165) is 49.2 Å². The highest BCUT2D eigenvalue weighted by atomic mass is 16.5. The molecule has 1 fully saturated rings. The van der Waals surface area contributed by atoms with E-state index < -0.39 is 0 Å². The lowest BCUT2D eigenvalue weighted by atomic mass is 9.74. The number of hydrogen-bond acceptors (Lipinski definition) is 4. The van der Waals surface area contributed by atoms with Crippen molar-refractivity contribution in [2.24, 2.45) is 11.8 Å². The van der Waals surface area contributed by atoms with Crippen LogP contribution in [0, 0.1) is 11.8 Å². The summed E-state index contributed by atoms with van der Waals surface area (Å²) < 4.78 is 17.5. The molecule has 4 heteroatoms. The summed E-state index contributed by atoms with van der Waals surface area (Å²) in [6.45, 7) is 7.51. The van der Waals surface area contributed by atoms with Gasteiger partial charge >= 0.3 is 5.97 Å². The molecule has 3 rings (SSSR count). The SMILES string of the molecule is C=CCCCCCCCCCCOc1ccc(C(=O)Oc2ccc(OCCCC3CCCCC3CCCCC)cc2)cc1. The quantitative estimate of drug-likeness (QED) is 0.0559. The number of esters is 1. The maximum atomic E-state index is 12.6. The van der Waals surface area contributed by atoms with Crippen LogP contribution in [0.1, 0.15) is 139 Å². The highest BCUT2D eigenvalue weighted by Crippen LogP contribution is 2.36. The molecule has 1 aliphatic carbocycles. The molecule has 238 valence electrons. The van der Waals surface area contributed by atoms with E-state index in [9.17, 15) is 4.79 Å². The lowest BCUT2D eigenvalue weighted by Gasteiger charge is -2.31. The van der Waals surface area contributed by atoms with Gasteiger partial charge in [0.05, 0.1) is 18.8 Å². The normalized spacial score (nSPS) is 16.5. The van der Waals surface area contributed by atoms with Crippen molar-refractivity contribution in [3.05, 3.63) is 66.7 Å². The Labute approximate surface area is 262 Å². The summed E-state index contributed by atoms with van der Waals surface area (Å²) in [5, 5.41) is 0. The number of allylic oxidation sites excluding steroid dienone is 1. The van der Waals surface area contributed by atoms with Crippen LogP contribution >= 0.6 is 0 Å². The molecule has 2 aromatic rings. The summed E-state index contributed by atoms with van der Waals surface area (Å²) in [7, 11) is 0. The molecule has 0 aromatic heterocycles. The molecule has 2 aromatic carbocycles. The van der Waals surface area contributed by atoms with Gasteiger partial charge in [-0.15, -0.1) is 6.58 Å². The van der Waals surface area contributed by atoms with Crippen LogP contribution in [0.5, 0.6) is 17.2 Å². The van der Waals surface area contributed by atoms with Crippen molar-refractivity contribution < 1.29 is 19.0 Å². The van der Waals surface area contributed by atoms with E-state index in [1.54, 1.807) is 24.3 Å². The molecule has 0 spiro atoms. The minimum atomic E-state index is -0.370. The maximum absolute atomic E-state index is 12.6. The lowest BCUT2D eigenvalue weighted by Crippen LogP contribution is -2.20. The van der Waals surface area contributed by atoms with Crippen LogP contribution in [-0.4, -0.2) is 19.2 Å². The minimum absolute atomic E-state index is 0.370. The van der Waals surface area contributed by atoms with Gasteiger partial charge in [-0.25, -0.2) is 4.79 Å². The zero-order valence-corrected chi connectivity index (χ0v) is 27.0. The Bertz CT molecular complexity index is 997. The average Bonchev–Trinajstić information content (AvgIpc) is 3.03. The zero-order chi connectivity index (χ0) is 30.4. The van der Waals surface area contributed by atoms with Gasteiger partial charge in [0.15, 0.2) is 0 Å². The average molecular weight is 591 g/mol. The Morgan fingerprint density at radius 2 is 1.19 bits per heavy atom. The topological polar surface area (TPSA) is 44.8 Å². The van der Waals surface area contributed by atoms with E-state index in [-0.39, 0.29) is 5.97 Å². The predicted octanol–water partition coefficient (Wildman–Crippen LogP) is 11.5. The molecule has 0 bridgehead atoms. The number of ether oxygens (including phenoxy) is 3. The zero-order valence-electron chi connectivity index (χ0n) is 27.0. The molecule has 2 atom stereocenters. The van der Waals surface area contributed by atoms with Crippen molar-refractivity contribution in [3.8, 4) is 17.2 Å². The first-order valence-electron chi connectivity index (χ1n) is 17.5. The van der Waals surface area contributed by atoms with Crippen LogP contribution < -0.4 is 14.2 Å². The van der Waals surface area contributed by atoms with Crippen LogP contribution in [0.4, 0.5) is 0 Å². The van der Waals surface area contributed by atoms with Gasteiger partial charge in [0.1, 0.15) is 17.2 Å². The summed E-state index contributed by atoms with van der Waals surface area (Å²) in [4.78, 5) is 12.6. The van der Waals surface area contributed by atoms with Crippen LogP contribution in [0.3, 0.4) is 0 Å². The predicted molar refractivity (Wildman–Crippen MR) is 179 cm³/mol. The Morgan fingerprint density at radius 3 is 1.79 bits per heavy atom. The first-order chi connectivity index (χ1) is 21.2. The molecule has 0 heterocycles. The van der Waals surface area contributed by atoms with E-state index in [0.29, 0.717) is 17.9 Å². The lowest BCUT2D eigenvalue weighted by molar-refractivity contribution is 0.0734. The highest BCUT2D eigenvalue weighted by Gasteiger charge is 2.24. The fourth-order valence-corrected chi connectivity index (χ4v) is 6.34. The number of carbonyl (C=O) groups is 1. The number of hydrogen-bond donors (Lipinski definition) is 0. The molecular formula is C39H58O4. The van der Waals surface area contributed by atoms with Gasteiger partial charge in [0.2, 0.25) is 0 Å². The van der Waals surface area contributed by atoms with Gasteiger partial charge in [-0.1, -0.05) is 103 Å². The molecule has 0 amide bonds. The van der Waals surface area contributed by atoms with Crippen molar-refractivity contribution in [1.82, 2.24) is 0 Å². The van der Waals surface area contributed by atoms with Crippen LogP contribution in [-0.2, 0) is 0 Å². The Kier molecular flexibility index (Phi) is 17.7. The molecule has 1 saturated carbocycles. The monoisotopic (exact) mass is 590 g/mol. The Morgan fingerprint density at radius 1 is 0.674 bits per heavy atom. The summed E-state index contributed by atoms with van der Waals surface area (Å²) in [6.07, 6.45) is 26.7. The Hall–Kier alpha value is -2.75. The van der Waals surface area contributed by atoms with Crippen molar-refractivity contribution >= 4 is 5.97 Å². The van der Waals surface area contributed by atoms with Crippen molar-refractivity contribution in [1.29, 1.82) is 0 Å². The number of unbranched alkanes of at least 4 members (excludes halogenated alkanes) is 10. The third kappa shape index (κ3) is 14.5. The summed E-state index contributed by atoms with van der Waals surface area (Å²) in [5.41, 5.74) is 0.511. The second-order valence-corrected chi connectivity index (χ2v) is 12.4. The first kappa shape index (κ1) is 34.7. The molecule has 2 unspecified atom stereocenters. The molecule has 0 radical (unpaired) electrons. The third-order valence-electron chi connectivity index (χ3n) is 8.93. The van der Waals surface area contributed by atoms with Crippen LogP contribution in [0.25, 0.3) is 0 Å². The maximum Gasteiger partial charge on any atom is 0.343 e. The van der Waals surface area contributed by atoms with Gasteiger partial charge in [0, 0.05) is 0 Å². The van der Waals surface area contributed by atoms with Crippen LogP contribution in [0.15, 0.2) is 61.2 Å².